The van der Waals surface area contributed by atoms with Crippen molar-refractivity contribution in [2.75, 3.05) is 33.0 Å². The zero-order valence-corrected chi connectivity index (χ0v) is 14.8. The predicted molar refractivity (Wildman–Crippen MR) is 93.3 cm³/mol. The molecule has 1 unspecified atom stereocenters. The van der Waals surface area contributed by atoms with E-state index in [4.69, 9.17) is 14.2 Å². The van der Waals surface area contributed by atoms with E-state index in [1.807, 2.05) is 31.2 Å². The zero-order valence-electron chi connectivity index (χ0n) is 14.8. The van der Waals surface area contributed by atoms with Crippen LogP contribution in [0.15, 0.2) is 24.3 Å². The standard InChI is InChI=1S/C19H29NO4/c1-15-4-6-18(7-5-15)24-16(2)19(21)20-10-3-11-23-14-17-8-12-22-13-9-17/h4-7,16-17H,3,8-14H2,1-2H3,(H,20,21). The van der Waals surface area contributed by atoms with Crippen molar-refractivity contribution in [3.63, 3.8) is 0 Å². The summed E-state index contributed by atoms with van der Waals surface area (Å²) in [7, 11) is 0. The topological polar surface area (TPSA) is 56.8 Å². The third-order valence-electron chi connectivity index (χ3n) is 4.16. The quantitative estimate of drug-likeness (QED) is 0.705. The van der Waals surface area contributed by atoms with Crippen molar-refractivity contribution in [2.24, 2.45) is 5.92 Å². The molecule has 1 saturated heterocycles. The molecule has 1 aromatic carbocycles. The average Bonchev–Trinajstić information content (AvgIpc) is 2.60. The minimum Gasteiger partial charge on any atom is -0.481 e. The van der Waals surface area contributed by atoms with Crippen LogP contribution in [0.1, 0.15) is 31.7 Å². The van der Waals surface area contributed by atoms with Crippen LogP contribution in [0.5, 0.6) is 5.75 Å². The summed E-state index contributed by atoms with van der Waals surface area (Å²) in [4.78, 5) is 12.0. The molecule has 0 saturated carbocycles. The number of carbonyl (C=O) groups excluding carboxylic acids is 1. The van der Waals surface area contributed by atoms with E-state index >= 15 is 0 Å². The molecule has 1 aliphatic rings. The molecule has 2 rings (SSSR count). The van der Waals surface area contributed by atoms with E-state index in [0.717, 1.165) is 39.1 Å². The van der Waals surface area contributed by atoms with Gasteiger partial charge in [-0.05, 0) is 51.2 Å². The lowest BCUT2D eigenvalue weighted by Gasteiger charge is -2.21. The summed E-state index contributed by atoms with van der Waals surface area (Å²) < 4.78 is 16.6. The summed E-state index contributed by atoms with van der Waals surface area (Å²) in [6.07, 6.45) is 2.48. The van der Waals surface area contributed by atoms with Crippen LogP contribution in [-0.4, -0.2) is 45.0 Å². The summed E-state index contributed by atoms with van der Waals surface area (Å²) in [6, 6.07) is 7.69. The number of ether oxygens (including phenoxy) is 3. The Labute approximate surface area is 144 Å². The first kappa shape index (κ1) is 18.7. The third-order valence-corrected chi connectivity index (χ3v) is 4.16. The first-order valence-corrected chi connectivity index (χ1v) is 8.81. The molecular formula is C19H29NO4. The summed E-state index contributed by atoms with van der Waals surface area (Å²) in [5, 5.41) is 2.89. The Kier molecular flexibility index (Phi) is 8.05. The number of aryl methyl sites for hydroxylation is 1. The molecule has 1 atom stereocenters. The molecule has 0 aromatic heterocycles. The van der Waals surface area contributed by atoms with Crippen molar-refractivity contribution in [2.45, 2.75) is 39.2 Å². The Balaban J connectivity index is 1.53. The van der Waals surface area contributed by atoms with E-state index in [-0.39, 0.29) is 5.91 Å². The second-order valence-electron chi connectivity index (χ2n) is 6.35. The molecule has 0 aliphatic carbocycles. The minimum atomic E-state index is -0.504. The molecule has 0 radical (unpaired) electrons. The van der Waals surface area contributed by atoms with Gasteiger partial charge in [0.1, 0.15) is 5.75 Å². The van der Waals surface area contributed by atoms with Crippen molar-refractivity contribution in [3.8, 4) is 5.75 Å². The highest BCUT2D eigenvalue weighted by Crippen LogP contribution is 2.15. The lowest BCUT2D eigenvalue weighted by Crippen LogP contribution is -2.37. The fraction of sp³-hybridized carbons (Fsp3) is 0.632. The minimum absolute atomic E-state index is 0.0972. The van der Waals surface area contributed by atoms with Crippen molar-refractivity contribution >= 4 is 5.91 Å². The Morgan fingerprint density at radius 1 is 1.29 bits per heavy atom. The van der Waals surface area contributed by atoms with E-state index in [2.05, 4.69) is 5.32 Å². The number of nitrogens with one attached hydrogen (secondary N) is 1. The Morgan fingerprint density at radius 3 is 2.71 bits per heavy atom. The van der Waals surface area contributed by atoms with Gasteiger partial charge in [-0.1, -0.05) is 17.7 Å². The molecule has 0 spiro atoms. The lowest BCUT2D eigenvalue weighted by atomic mass is 10.0. The van der Waals surface area contributed by atoms with Gasteiger partial charge in [-0.25, -0.2) is 0 Å². The molecule has 5 heteroatoms. The van der Waals surface area contributed by atoms with Gasteiger partial charge in [-0.15, -0.1) is 0 Å². The second kappa shape index (κ2) is 10.3. The van der Waals surface area contributed by atoms with Crippen LogP contribution in [0.3, 0.4) is 0 Å². The van der Waals surface area contributed by atoms with Crippen molar-refractivity contribution in [1.29, 1.82) is 0 Å². The predicted octanol–water partition coefficient (Wildman–Crippen LogP) is 2.71. The van der Waals surface area contributed by atoms with Crippen LogP contribution in [0.4, 0.5) is 0 Å². The van der Waals surface area contributed by atoms with E-state index in [1.165, 1.54) is 5.56 Å². The maximum absolute atomic E-state index is 12.0. The first-order valence-electron chi connectivity index (χ1n) is 8.81. The molecule has 134 valence electrons. The van der Waals surface area contributed by atoms with Crippen LogP contribution in [0.25, 0.3) is 0 Å². The Hall–Kier alpha value is -1.59. The first-order chi connectivity index (χ1) is 11.6. The van der Waals surface area contributed by atoms with Gasteiger partial charge >= 0.3 is 0 Å². The molecule has 5 nitrogen and oxygen atoms in total. The van der Waals surface area contributed by atoms with Gasteiger partial charge in [0.2, 0.25) is 0 Å². The fourth-order valence-corrected chi connectivity index (χ4v) is 2.57. The number of benzene rings is 1. The number of hydrogen-bond donors (Lipinski definition) is 1. The van der Waals surface area contributed by atoms with Gasteiger partial charge < -0.3 is 19.5 Å². The molecule has 24 heavy (non-hydrogen) atoms. The molecule has 1 fully saturated rings. The molecule has 1 aromatic rings. The van der Waals surface area contributed by atoms with Crippen molar-refractivity contribution in [1.82, 2.24) is 5.32 Å². The molecule has 1 heterocycles. The maximum atomic E-state index is 12.0. The van der Waals surface area contributed by atoms with E-state index < -0.39 is 6.10 Å². The van der Waals surface area contributed by atoms with E-state index in [9.17, 15) is 4.79 Å². The number of rotatable bonds is 9. The third kappa shape index (κ3) is 6.89. The van der Waals surface area contributed by atoms with Crippen LogP contribution < -0.4 is 10.1 Å². The summed E-state index contributed by atoms with van der Waals surface area (Å²) in [5.74, 6) is 1.24. The van der Waals surface area contributed by atoms with Crippen LogP contribution >= 0.6 is 0 Å². The molecule has 1 aliphatic heterocycles. The number of hydrogen-bond acceptors (Lipinski definition) is 4. The van der Waals surface area contributed by atoms with Crippen LogP contribution in [0, 0.1) is 12.8 Å². The average molecular weight is 335 g/mol. The van der Waals surface area contributed by atoms with Crippen molar-refractivity contribution in [3.05, 3.63) is 29.8 Å². The monoisotopic (exact) mass is 335 g/mol. The second-order valence-corrected chi connectivity index (χ2v) is 6.35. The van der Waals surface area contributed by atoms with Gasteiger partial charge in [0.05, 0.1) is 0 Å². The maximum Gasteiger partial charge on any atom is 0.260 e. The number of carbonyl (C=O) groups is 1. The zero-order chi connectivity index (χ0) is 17.2. The Bertz CT molecular complexity index is 483. The highest BCUT2D eigenvalue weighted by molar-refractivity contribution is 5.80. The highest BCUT2D eigenvalue weighted by Gasteiger charge is 2.15. The van der Waals surface area contributed by atoms with E-state index in [0.29, 0.717) is 24.8 Å². The summed E-state index contributed by atoms with van der Waals surface area (Å²) >= 11 is 0. The van der Waals surface area contributed by atoms with Gasteiger partial charge in [-0.3, -0.25) is 4.79 Å². The molecule has 1 N–H and O–H groups in total. The van der Waals surface area contributed by atoms with Crippen molar-refractivity contribution < 1.29 is 19.0 Å². The van der Waals surface area contributed by atoms with Gasteiger partial charge in [-0.2, -0.15) is 0 Å². The van der Waals surface area contributed by atoms with Crippen LogP contribution in [0.2, 0.25) is 0 Å². The SMILES string of the molecule is Cc1ccc(OC(C)C(=O)NCCCOCC2CCOCC2)cc1. The molecular weight excluding hydrogens is 306 g/mol. The van der Waals surface area contributed by atoms with E-state index in [1.54, 1.807) is 6.92 Å². The molecule has 0 bridgehead atoms. The normalized spacial score (nSPS) is 16.6. The van der Waals surface area contributed by atoms with Gasteiger partial charge in [0.25, 0.3) is 5.91 Å². The Morgan fingerprint density at radius 2 is 2.00 bits per heavy atom. The summed E-state index contributed by atoms with van der Waals surface area (Å²) in [6.45, 7) is 7.55. The lowest BCUT2D eigenvalue weighted by molar-refractivity contribution is -0.127. The van der Waals surface area contributed by atoms with Crippen LogP contribution in [-0.2, 0) is 14.3 Å². The smallest absolute Gasteiger partial charge is 0.260 e. The summed E-state index contributed by atoms with van der Waals surface area (Å²) in [5.41, 5.74) is 1.17. The number of amides is 1. The fourth-order valence-electron chi connectivity index (χ4n) is 2.57. The highest BCUT2D eigenvalue weighted by atomic mass is 16.5. The largest absolute Gasteiger partial charge is 0.481 e. The molecule has 1 amide bonds. The van der Waals surface area contributed by atoms with Gasteiger partial charge in [0.15, 0.2) is 6.10 Å². The van der Waals surface area contributed by atoms with Gasteiger partial charge in [0, 0.05) is 33.0 Å².